The molecule has 2 bridgehead atoms. The van der Waals surface area contributed by atoms with E-state index >= 15 is 0 Å². The Morgan fingerprint density at radius 1 is 1.26 bits per heavy atom. The van der Waals surface area contributed by atoms with Crippen LogP contribution in [0.4, 0.5) is 0 Å². The van der Waals surface area contributed by atoms with Crippen molar-refractivity contribution in [1.29, 1.82) is 0 Å². The molecular weight excluding hydrogens is 446 g/mol. The first-order valence-electron chi connectivity index (χ1n) is 13.3. The first kappa shape index (κ1) is 27.7. The van der Waals surface area contributed by atoms with Crippen LogP contribution in [0.15, 0.2) is 12.7 Å². The SMILES string of the molecule is C=C[C@]1(C)C[C@H](OC(=O)CSCCN(CC)CC)[C@@]2(C)CC[C@H](C)[C@@]3(CCC(=O)[C@H]23)[C@H](C)[C@H]1O. The number of thioether (sulfide) groups is 1. The van der Waals surface area contributed by atoms with E-state index in [1.165, 1.54) is 0 Å². The minimum atomic E-state index is -0.631. The summed E-state index contributed by atoms with van der Waals surface area (Å²) in [7, 11) is 0. The second-order valence-electron chi connectivity index (χ2n) is 11.7. The average molecular weight is 494 g/mol. The standard InChI is InChI=1S/C28H47NO4S/c1-8-26(6)17-22(33-23(31)18-34-16-15-29(9-2)10-3)27(7)13-11-19(4)28(20(5)25(26)32)14-12-21(30)24(27)28/h8,19-20,22,24-25,32H,1,9-18H2,2-7H3/t19-,20+,22-,24+,25+,26+,27+,28-/m0/s1. The van der Waals surface area contributed by atoms with E-state index in [-0.39, 0.29) is 23.2 Å². The number of rotatable bonds is 9. The number of hydrogen-bond donors (Lipinski definition) is 1. The van der Waals surface area contributed by atoms with Crippen molar-refractivity contribution in [3.05, 3.63) is 12.7 Å². The first-order chi connectivity index (χ1) is 16.0. The maximum Gasteiger partial charge on any atom is 0.316 e. The summed E-state index contributed by atoms with van der Waals surface area (Å²) in [5.74, 6) is 1.45. The Morgan fingerprint density at radius 2 is 1.94 bits per heavy atom. The Bertz CT molecular complexity index is 770. The van der Waals surface area contributed by atoms with Gasteiger partial charge in [-0.05, 0) is 56.0 Å². The van der Waals surface area contributed by atoms with E-state index in [1.807, 2.05) is 13.0 Å². The molecule has 0 unspecified atom stereocenters. The van der Waals surface area contributed by atoms with Crippen LogP contribution in [0.25, 0.3) is 0 Å². The summed E-state index contributed by atoms with van der Waals surface area (Å²) in [6.45, 7) is 20.0. The number of hydrogen-bond acceptors (Lipinski definition) is 6. The lowest BCUT2D eigenvalue weighted by Gasteiger charge is -2.62. The van der Waals surface area contributed by atoms with Crippen molar-refractivity contribution in [3.8, 4) is 0 Å². The van der Waals surface area contributed by atoms with Gasteiger partial charge >= 0.3 is 5.97 Å². The van der Waals surface area contributed by atoms with Crippen LogP contribution in [-0.2, 0) is 14.3 Å². The van der Waals surface area contributed by atoms with E-state index in [2.05, 4.69) is 46.1 Å². The average Bonchev–Trinajstić information content (AvgIpc) is 3.19. The third-order valence-electron chi connectivity index (χ3n) is 10.1. The molecule has 0 aromatic rings. The fraction of sp³-hybridized carbons (Fsp3) is 0.857. The minimum Gasteiger partial charge on any atom is -0.461 e. The highest BCUT2D eigenvalue weighted by Crippen LogP contribution is 2.68. The summed E-state index contributed by atoms with van der Waals surface area (Å²) in [4.78, 5) is 28.8. The molecule has 1 N–H and O–H groups in total. The van der Waals surface area contributed by atoms with Gasteiger partial charge in [0.25, 0.3) is 0 Å². The topological polar surface area (TPSA) is 66.8 Å². The lowest BCUT2D eigenvalue weighted by Crippen LogP contribution is -2.63. The number of carbonyl (C=O) groups is 2. The van der Waals surface area contributed by atoms with Crippen molar-refractivity contribution < 1.29 is 19.4 Å². The lowest BCUT2D eigenvalue weighted by atomic mass is 9.43. The number of Topliss-reactive ketones (excluding diaryl/α,β-unsaturated/α-hetero) is 1. The molecule has 0 amide bonds. The zero-order chi connectivity index (χ0) is 25.3. The number of aliphatic hydroxyl groups is 1. The van der Waals surface area contributed by atoms with Crippen LogP contribution in [0.1, 0.15) is 73.6 Å². The van der Waals surface area contributed by atoms with Gasteiger partial charge in [-0.25, -0.2) is 0 Å². The third kappa shape index (κ3) is 4.64. The molecule has 0 aromatic heterocycles. The van der Waals surface area contributed by atoms with E-state index in [0.29, 0.717) is 30.3 Å². The Hall–Kier alpha value is -0.850. The Balaban J connectivity index is 1.87. The van der Waals surface area contributed by atoms with E-state index in [4.69, 9.17) is 4.74 Å². The zero-order valence-electron chi connectivity index (χ0n) is 22.3. The van der Waals surface area contributed by atoms with Gasteiger partial charge in [0, 0.05) is 35.5 Å². The monoisotopic (exact) mass is 493 g/mol. The van der Waals surface area contributed by atoms with Crippen LogP contribution in [-0.4, -0.2) is 65.1 Å². The Morgan fingerprint density at radius 3 is 2.56 bits per heavy atom. The Kier molecular flexibility index (Phi) is 8.68. The van der Waals surface area contributed by atoms with Crippen molar-refractivity contribution in [3.63, 3.8) is 0 Å². The predicted octanol–water partition coefficient (Wildman–Crippen LogP) is 4.97. The number of ketones is 1. The van der Waals surface area contributed by atoms with Crippen LogP contribution in [0.2, 0.25) is 0 Å². The highest BCUT2D eigenvalue weighted by Gasteiger charge is 2.68. The summed E-state index contributed by atoms with van der Waals surface area (Å²) in [6.07, 6.45) is 4.56. The van der Waals surface area contributed by atoms with Crippen LogP contribution < -0.4 is 0 Å². The summed E-state index contributed by atoms with van der Waals surface area (Å²) in [5, 5.41) is 11.6. The molecule has 3 aliphatic rings. The van der Waals surface area contributed by atoms with E-state index in [9.17, 15) is 14.7 Å². The highest BCUT2D eigenvalue weighted by atomic mass is 32.2. The van der Waals surface area contributed by atoms with Gasteiger partial charge in [0.1, 0.15) is 11.9 Å². The van der Waals surface area contributed by atoms with Crippen LogP contribution >= 0.6 is 11.8 Å². The summed E-state index contributed by atoms with van der Waals surface area (Å²) < 4.78 is 6.26. The smallest absolute Gasteiger partial charge is 0.316 e. The molecule has 0 radical (unpaired) electrons. The van der Waals surface area contributed by atoms with Gasteiger partial charge in [-0.1, -0.05) is 47.6 Å². The van der Waals surface area contributed by atoms with E-state index in [0.717, 1.165) is 44.6 Å². The molecule has 194 valence electrons. The van der Waals surface area contributed by atoms with Crippen molar-refractivity contribution in [2.24, 2.45) is 34.0 Å². The van der Waals surface area contributed by atoms with E-state index < -0.39 is 23.0 Å². The van der Waals surface area contributed by atoms with Gasteiger partial charge < -0.3 is 14.7 Å². The van der Waals surface area contributed by atoms with Gasteiger partial charge in [-0.2, -0.15) is 0 Å². The van der Waals surface area contributed by atoms with Crippen molar-refractivity contribution >= 4 is 23.5 Å². The fourth-order valence-corrected chi connectivity index (χ4v) is 8.51. The van der Waals surface area contributed by atoms with Crippen LogP contribution in [0.5, 0.6) is 0 Å². The molecular formula is C28H47NO4S. The molecule has 3 fully saturated rings. The van der Waals surface area contributed by atoms with Gasteiger partial charge in [0.2, 0.25) is 0 Å². The normalized spacial score (nSPS) is 42.1. The van der Waals surface area contributed by atoms with E-state index in [1.54, 1.807) is 11.8 Å². The van der Waals surface area contributed by atoms with Crippen LogP contribution in [0.3, 0.4) is 0 Å². The molecule has 0 heterocycles. The largest absolute Gasteiger partial charge is 0.461 e. The van der Waals surface area contributed by atoms with Crippen LogP contribution in [0, 0.1) is 34.0 Å². The van der Waals surface area contributed by atoms with Crippen molar-refractivity contribution in [2.45, 2.75) is 85.9 Å². The molecule has 3 saturated carbocycles. The molecule has 3 aliphatic carbocycles. The van der Waals surface area contributed by atoms with Crippen molar-refractivity contribution in [2.75, 3.05) is 31.1 Å². The fourth-order valence-electron chi connectivity index (χ4n) is 7.75. The minimum absolute atomic E-state index is 0.0196. The Labute approximate surface area is 211 Å². The second-order valence-corrected chi connectivity index (χ2v) is 12.8. The van der Waals surface area contributed by atoms with Gasteiger partial charge in [-0.15, -0.1) is 18.3 Å². The van der Waals surface area contributed by atoms with Gasteiger partial charge in [-0.3, -0.25) is 9.59 Å². The predicted molar refractivity (Wildman–Crippen MR) is 140 cm³/mol. The first-order valence-corrected chi connectivity index (χ1v) is 14.5. The highest BCUT2D eigenvalue weighted by molar-refractivity contribution is 7.99. The summed E-state index contributed by atoms with van der Waals surface area (Å²) >= 11 is 1.61. The maximum atomic E-state index is 13.4. The number of aliphatic hydroxyl groups excluding tert-OH is 1. The number of nitrogens with zero attached hydrogens (tertiary/aromatic N) is 1. The molecule has 0 aliphatic heterocycles. The van der Waals surface area contributed by atoms with Gasteiger partial charge in [0.05, 0.1) is 11.9 Å². The molecule has 0 saturated heterocycles. The number of esters is 1. The molecule has 34 heavy (non-hydrogen) atoms. The van der Waals surface area contributed by atoms with Crippen molar-refractivity contribution in [1.82, 2.24) is 4.90 Å². The van der Waals surface area contributed by atoms with Gasteiger partial charge in [0.15, 0.2) is 0 Å². The molecule has 0 aromatic carbocycles. The molecule has 6 heteroatoms. The maximum absolute atomic E-state index is 13.4. The molecule has 3 rings (SSSR count). The molecule has 8 atom stereocenters. The zero-order valence-corrected chi connectivity index (χ0v) is 23.1. The third-order valence-corrected chi connectivity index (χ3v) is 11.0. The summed E-state index contributed by atoms with van der Waals surface area (Å²) in [6, 6.07) is 0. The quantitative estimate of drug-likeness (QED) is 0.278. The number of carbonyl (C=O) groups excluding carboxylic acids is 2. The lowest BCUT2D eigenvalue weighted by molar-refractivity contribution is -0.203. The summed E-state index contributed by atoms with van der Waals surface area (Å²) in [5.41, 5.74) is -1.25. The number of ether oxygens (including phenoxy) is 1. The molecule has 5 nitrogen and oxygen atoms in total. The second kappa shape index (κ2) is 10.6. The molecule has 0 spiro atoms.